The Morgan fingerprint density at radius 3 is 2.80 bits per heavy atom. The van der Waals surface area contributed by atoms with Gasteiger partial charge in [0.05, 0.1) is 10.8 Å². The Bertz CT molecular complexity index is 1380. The highest BCUT2D eigenvalue weighted by atomic mass is 35.5. The molecular weight excluding hydrogens is 468 g/mol. The predicted molar refractivity (Wildman–Crippen MR) is 129 cm³/mol. The van der Waals surface area contributed by atoms with Crippen molar-refractivity contribution in [2.24, 2.45) is 5.92 Å². The summed E-state index contributed by atoms with van der Waals surface area (Å²) in [7, 11) is 0. The molecule has 4 atom stereocenters. The van der Waals surface area contributed by atoms with Crippen LogP contribution in [0.25, 0.3) is 0 Å². The highest BCUT2D eigenvalue weighted by molar-refractivity contribution is 6.31. The van der Waals surface area contributed by atoms with E-state index >= 15 is 0 Å². The number of rotatable bonds is 4. The molecule has 3 aromatic rings. The van der Waals surface area contributed by atoms with Crippen molar-refractivity contribution >= 4 is 34.7 Å². The molecule has 0 unspecified atom stereocenters. The third-order valence-corrected chi connectivity index (χ3v) is 7.86. The molecule has 3 aliphatic rings. The lowest BCUT2D eigenvalue weighted by atomic mass is 9.69. The lowest BCUT2D eigenvalue weighted by molar-refractivity contribution is -0.384. The predicted octanol–water partition coefficient (Wildman–Crippen LogP) is 4.55. The number of hydrogen-bond acceptors (Lipinski definition) is 6. The third-order valence-electron chi connectivity index (χ3n) is 7.63. The largest absolute Gasteiger partial charge is 0.324 e. The Kier molecular flexibility index (Phi) is 4.98. The smallest absolute Gasteiger partial charge is 0.269 e. The first-order chi connectivity index (χ1) is 16.9. The van der Waals surface area contributed by atoms with Gasteiger partial charge in [0.25, 0.3) is 5.69 Å². The summed E-state index contributed by atoms with van der Waals surface area (Å²) < 4.78 is 0. The fourth-order valence-electron chi connectivity index (χ4n) is 6.42. The Balaban J connectivity index is 1.63. The van der Waals surface area contributed by atoms with E-state index in [1.54, 1.807) is 48.7 Å². The summed E-state index contributed by atoms with van der Waals surface area (Å²) in [5.74, 6) is -1.82. The van der Waals surface area contributed by atoms with Crippen LogP contribution in [0.2, 0.25) is 5.02 Å². The number of non-ortho nitro benzene ring substituents is 1. The van der Waals surface area contributed by atoms with E-state index in [4.69, 9.17) is 11.6 Å². The van der Waals surface area contributed by atoms with Crippen LogP contribution in [0.1, 0.15) is 40.4 Å². The summed E-state index contributed by atoms with van der Waals surface area (Å²) in [6.07, 6.45) is 3.17. The van der Waals surface area contributed by atoms with Gasteiger partial charge in [-0.2, -0.15) is 0 Å². The lowest BCUT2D eigenvalue weighted by Gasteiger charge is -2.36. The third kappa shape index (κ3) is 3.06. The molecule has 1 spiro atoms. The van der Waals surface area contributed by atoms with E-state index in [1.165, 1.54) is 12.1 Å². The van der Waals surface area contributed by atoms with Gasteiger partial charge in [-0.3, -0.25) is 29.6 Å². The molecule has 2 fully saturated rings. The molecule has 4 heterocycles. The number of hydrogen-bond donors (Lipinski definition) is 1. The van der Waals surface area contributed by atoms with Gasteiger partial charge in [-0.15, -0.1) is 0 Å². The molecule has 1 N–H and O–H groups in total. The van der Waals surface area contributed by atoms with Gasteiger partial charge in [-0.05, 0) is 55.3 Å². The number of carbonyl (C=O) groups excluding carboxylic acids is 2. The normalized spacial score (nSPS) is 27.0. The average Bonchev–Trinajstić information content (AvgIpc) is 3.52. The fourth-order valence-corrected chi connectivity index (χ4v) is 6.59. The fraction of sp³-hybridized carbons (Fsp3) is 0.269. The maximum atomic E-state index is 14.2. The number of fused-ring (bicyclic) bond motifs is 4. The van der Waals surface area contributed by atoms with Crippen molar-refractivity contribution in [2.75, 3.05) is 11.9 Å². The number of nitro groups is 1. The van der Waals surface area contributed by atoms with Gasteiger partial charge in [0.1, 0.15) is 11.2 Å². The Labute approximate surface area is 206 Å². The molecular formula is C26H21ClN4O4. The summed E-state index contributed by atoms with van der Waals surface area (Å²) in [5.41, 5.74) is 0.900. The molecule has 8 nitrogen and oxygen atoms in total. The number of carbonyl (C=O) groups is 2. The van der Waals surface area contributed by atoms with E-state index in [9.17, 15) is 19.7 Å². The van der Waals surface area contributed by atoms with Gasteiger partial charge in [0, 0.05) is 46.6 Å². The van der Waals surface area contributed by atoms with Crippen LogP contribution in [0.4, 0.5) is 11.4 Å². The first kappa shape index (κ1) is 21.9. The topological polar surface area (TPSA) is 105 Å². The number of Topliss-reactive ketones (excluding diaryl/α,β-unsaturated/α-hetero) is 1. The van der Waals surface area contributed by atoms with Crippen molar-refractivity contribution in [1.29, 1.82) is 0 Å². The van der Waals surface area contributed by atoms with Crippen LogP contribution in [-0.2, 0) is 10.3 Å². The summed E-state index contributed by atoms with van der Waals surface area (Å²) in [6, 6.07) is 16.6. The van der Waals surface area contributed by atoms with Gasteiger partial charge in [0.2, 0.25) is 5.91 Å². The van der Waals surface area contributed by atoms with Crippen LogP contribution >= 0.6 is 11.6 Å². The molecule has 6 rings (SSSR count). The Morgan fingerprint density at radius 1 is 1.17 bits per heavy atom. The first-order valence-corrected chi connectivity index (χ1v) is 11.9. The van der Waals surface area contributed by atoms with E-state index in [0.29, 0.717) is 28.4 Å². The minimum absolute atomic E-state index is 0.0450. The number of nitro benzene ring substituents is 1. The molecule has 2 saturated heterocycles. The van der Waals surface area contributed by atoms with E-state index in [2.05, 4.69) is 15.2 Å². The molecule has 35 heavy (non-hydrogen) atoms. The van der Waals surface area contributed by atoms with Crippen LogP contribution < -0.4 is 5.32 Å². The maximum absolute atomic E-state index is 14.2. The van der Waals surface area contributed by atoms with E-state index < -0.39 is 22.3 Å². The minimum Gasteiger partial charge on any atom is -0.324 e. The van der Waals surface area contributed by atoms with Gasteiger partial charge in [-0.1, -0.05) is 29.8 Å². The second-order valence-corrected chi connectivity index (χ2v) is 9.68. The molecule has 0 bridgehead atoms. The van der Waals surface area contributed by atoms with Crippen LogP contribution in [0.5, 0.6) is 0 Å². The summed E-state index contributed by atoms with van der Waals surface area (Å²) in [4.78, 5) is 45.7. The van der Waals surface area contributed by atoms with E-state index in [1.807, 2.05) is 6.07 Å². The standard InChI is InChI=1S/C26H21ClN4O4/c27-16-9-10-19-18(14-16)26(25(33)29-19)23(24(32)20-7-1-2-11-28-20)22(21-8-4-12-30(21)26)15-5-3-6-17(13-15)31(34)35/h1-3,5-7,9-11,13-14,21-23H,4,8,12H2,(H,29,33)/t21-,22+,23-,26-/m0/s1. The van der Waals surface area contributed by atoms with Crippen molar-refractivity contribution in [3.05, 3.63) is 98.8 Å². The zero-order valence-electron chi connectivity index (χ0n) is 18.6. The lowest BCUT2D eigenvalue weighted by Crippen LogP contribution is -2.53. The molecule has 0 aliphatic carbocycles. The van der Waals surface area contributed by atoms with E-state index in [-0.39, 0.29) is 29.1 Å². The van der Waals surface area contributed by atoms with Crippen LogP contribution in [0.3, 0.4) is 0 Å². The SMILES string of the molecule is O=C(c1ccccn1)[C@@H]1[C@H](c2cccc([N+](=O)[O-])c2)[C@@H]2CCCN2[C@]12C(=O)Nc1ccc(Cl)cc12. The molecule has 3 aliphatic heterocycles. The van der Waals surface area contributed by atoms with Crippen LogP contribution in [0, 0.1) is 16.0 Å². The molecule has 1 amide bonds. The summed E-state index contributed by atoms with van der Waals surface area (Å²) >= 11 is 6.40. The molecule has 0 radical (unpaired) electrons. The number of pyridine rings is 1. The number of halogens is 1. The van der Waals surface area contributed by atoms with Crippen molar-refractivity contribution < 1.29 is 14.5 Å². The van der Waals surface area contributed by atoms with Gasteiger partial charge >= 0.3 is 0 Å². The maximum Gasteiger partial charge on any atom is 0.269 e. The van der Waals surface area contributed by atoms with Crippen molar-refractivity contribution in [2.45, 2.75) is 30.3 Å². The molecule has 9 heteroatoms. The van der Waals surface area contributed by atoms with Crippen molar-refractivity contribution in [1.82, 2.24) is 9.88 Å². The summed E-state index contributed by atoms with van der Waals surface area (Å²) in [6.45, 7) is 0.626. The monoisotopic (exact) mass is 488 g/mol. The molecule has 2 aromatic carbocycles. The summed E-state index contributed by atoms with van der Waals surface area (Å²) in [5, 5.41) is 15.0. The van der Waals surface area contributed by atoms with Crippen molar-refractivity contribution in [3.8, 4) is 0 Å². The quantitative estimate of drug-likeness (QED) is 0.328. The zero-order chi connectivity index (χ0) is 24.3. The Hall–Kier alpha value is -3.62. The highest BCUT2D eigenvalue weighted by Gasteiger charge is 2.69. The number of aromatic nitrogens is 1. The first-order valence-electron chi connectivity index (χ1n) is 11.5. The zero-order valence-corrected chi connectivity index (χ0v) is 19.3. The number of nitrogens with one attached hydrogen (secondary N) is 1. The Morgan fingerprint density at radius 2 is 2.03 bits per heavy atom. The molecule has 1 aromatic heterocycles. The highest BCUT2D eigenvalue weighted by Crippen LogP contribution is 2.61. The second kappa shape index (κ2) is 7.96. The molecule has 0 saturated carbocycles. The number of ketones is 1. The number of amides is 1. The number of nitrogens with zero attached hydrogens (tertiary/aromatic N) is 3. The molecule has 176 valence electrons. The van der Waals surface area contributed by atoms with Crippen LogP contribution in [0.15, 0.2) is 66.9 Å². The van der Waals surface area contributed by atoms with Gasteiger partial charge in [0.15, 0.2) is 5.78 Å². The van der Waals surface area contributed by atoms with Crippen LogP contribution in [-0.4, -0.2) is 39.1 Å². The average molecular weight is 489 g/mol. The van der Waals surface area contributed by atoms with Gasteiger partial charge in [-0.25, -0.2) is 0 Å². The van der Waals surface area contributed by atoms with E-state index in [0.717, 1.165) is 12.8 Å². The minimum atomic E-state index is -1.29. The number of benzene rings is 2. The van der Waals surface area contributed by atoms with Gasteiger partial charge < -0.3 is 5.32 Å². The second-order valence-electron chi connectivity index (χ2n) is 9.25. The number of anilines is 1. The van der Waals surface area contributed by atoms with Crippen molar-refractivity contribution in [3.63, 3.8) is 0 Å².